The fourth-order valence-corrected chi connectivity index (χ4v) is 2.79. The van der Waals surface area contributed by atoms with Gasteiger partial charge in [-0.3, -0.25) is 4.90 Å². The Balaban J connectivity index is 0.00000120. The molecule has 0 saturated carbocycles. The van der Waals surface area contributed by atoms with Crippen molar-refractivity contribution in [2.45, 2.75) is 13.0 Å². The second-order valence-electron chi connectivity index (χ2n) is 5.21. The van der Waals surface area contributed by atoms with Crippen molar-refractivity contribution in [1.82, 2.24) is 9.80 Å². The number of benzene rings is 1. The van der Waals surface area contributed by atoms with Crippen LogP contribution in [0.2, 0.25) is 0 Å². The van der Waals surface area contributed by atoms with Crippen molar-refractivity contribution >= 4 is 18.1 Å². The van der Waals surface area contributed by atoms with Gasteiger partial charge in [0.1, 0.15) is 0 Å². The number of fused-ring (bicyclic) bond motifs is 1. The lowest BCUT2D eigenvalue weighted by Crippen LogP contribution is -2.43. The largest absolute Gasteiger partial charge is 0.384 e. The van der Waals surface area contributed by atoms with Gasteiger partial charge in [-0.25, -0.2) is 0 Å². The van der Waals surface area contributed by atoms with E-state index in [0.29, 0.717) is 0 Å². The molecule has 0 spiro atoms. The van der Waals surface area contributed by atoms with Crippen LogP contribution >= 0.6 is 12.4 Å². The van der Waals surface area contributed by atoms with Crippen LogP contribution in [-0.4, -0.2) is 49.6 Å². The minimum atomic E-state index is 0. The van der Waals surface area contributed by atoms with Gasteiger partial charge >= 0.3 is 0 Å². The molecule has 1 aromatic carbocycles. The van der Waals surface area contributed by atoms with Gasteiger partial charge in [0.05, 0.1) is 0 Å². The van der Waals surface area contributed by atoms with Crippen molar-refractivity contribution < 1.29 is 0 Å². The average Bonchev–Trinajstić information content (AvgIpc) is 2.81. The number of halogens is 1. The third-order valence-electron chi connectivity index (χ3n) is 3.92. The lowest BCUT2D eigenvalue weighted by atomic mass is 10.1. The highest BCUT2D eigenvalue weighted by atomic mass is 35.5. The molecule has 1 fully saturated rings. The van der Waals surface area contributed by atoms with Crippen LogP contribution in [0.1, 0.15) is 11.1 Å². The molecule has 4 heteroatoms. The molecule has 2 aliphatic heterocycles. The van der Waals surface area contributed by atoms with Crippen LogP contribution in [0.5, 0.6) is 0 Å². The molecular formula is C14H22ClN3. The number of rotatable bonds is 2. The average molecular weight is 268 g/mol. The second kappa shape index (κ2) is 5.91. The Bertz CT molecular complexity index is 400. The first-order valence-corrected chi connectivity index (χ1v) is 6.58. The molecule has 0 aliphatic carbocycles. The molecule has 0 radical (unpaired) electrons. The fraction of sp³-hybridized carbons (Fsp3) is 0.571. The predicted octanol–water partition coefficient (Wildman–Crippen LogP) is 1.82. The van der Waals surface area contributed by atoms with E-state index in [2.05, 4.69) is 40.4 Å². The molecule has 1 aromatic rings. The Morgan fingerprint density at radius 2 is 1.94 bits per heavy atom. The van der Waals surface area contributed by atoms with Crippen molar-refractivity contribution in [2.24, 2.45) is 0 Å². The van der Waals surface area contributed by atoms with E-state index >= 15 is 0 Å². The number of nitrogens with zero attached hydrogens (tertiary/aromatic N) is 2. The molecule has 3 nitrogen and oxygen atoms in total. The van der Waals surface area contributed by atoms with Crippen molar-refractivity contribution in [3.63, 3.8) is 0 Å². The van der Waals surface area contributed by atoms with E-state index < -0.39 is 0 Å². The van der Waals surface area contributed by atoms with Crippen molar-refractivity contribution in [2.75, 3.05) is 45.1 Å². The second-order valence-corrected chi connectivity index (χ2v) is 5.21. The van der Waals surface area contributed by atoms with E-state index in [-0.39, 0.29) is 12.4 Å². The standard InChI is InChI=1S/C14H21N3.ClH/c1-16-7-9-17(10-8-16)11-13-4-2-3-12-5-6-15-14(12)13;/h2-4,15H,5-11H2,1H3;1H. The number of piperazine rings is 1. The SMILES string of the molecule is CN1CCN(Cc2cccc3c2NCC3)CC1.Cl. The van der Waals surface area contributed by atoms with Crippen LogP contribution in [0.3, 0.4) is 0 Å². The maximum atomic E-state index is 3.53. The van der Waals surface area contributed by atoms with Crippen LogP contribution in [0.15, 0.2) is 18.2 Å². The van der Waals surface area contributed by atoms with E-state index in [9.17, 15) is 0 Å². The minimum absolute atomic E-state index is 0. The van der Waals surface area contributed by atoms with Gasteiger partial charge < -0.3 is 10.2 Å². The number of nitrogens with one attached hydrogen (secondary N) is 1. The Morgan fingerprint density at radius 3 is 2.72 bits per heavy atom. The monoisotopic (exact) mass is 267 g/mol. The van der Waals surface area contributed by atoms with Crippen LogP contribution in [-0.2, 0) is 13.0 Å². The lowest BCUT2D eigenvalue weighted by Gasteiger charge is -2.32. The molecule has 3 rings (SSSR count). The third-order valence-corrected chi connectivity index (χ3v) is 3.92. The summed E-state index contributed by atoms with van der Waals surface area (Å²) in [6.45, 7) is 6.99. The van der Waals surface area contributed by atoms with Gasteiger partial charge in [-0.05, 0) is 24.6 Å². The van der Waals surface area contributed by atoms with Gasteiger partial charge in [0.15, 0.2) is 0 Å². The first-order chi connectivity index (χ1) is 8.33. The van der Waals surface area contributed by atoms with Gasteiger partial charge in [0.2, 0.25) is 0 Å². The molecule has 2 aliphatic rings. The zero-order valence-corrected chi connectivity index (χ0v) is 11.8. The summed E-state index contributed by atoms with van der Waals surface area (Å²) in [6.07, 6.45) is 1.19. The van der Waals surface area contributed by atoms with Crippen LogP contribution in [0, 0.1) is 0 Å². The topological polar surface area (TPSA) is 18.5 Å². The Labute approximate surface area is 116 Å². The Morgan fingerprint density at radius 1 is 1.17 bits per heavy atom. The molecule has 0 amide bonds. The third kappa shape index (κ3) is 2.79. The highest BCUT2D eigenvalue weighted by molar-refractivity contribution is 5.85. The fourth-order valence-electron chi connectivity index (χ4n) is 2.79. The molecular weight excluding hydrogens is 246 g/mol. The van der Waals surface area contributed by atoms with Crippen molar-refractivity contribution in [3.8, 4) is 0 Å². The molecule has 1 N–H and O–H groups in total. The van der Waals surface area contributed by atoms with Gasteiger partial charge in [-0.2, -0.15) is 0 Å². The number of hydrogen-bond donors (Lipinski definition) is 1. The Kier molecular flexibility index (Phi) is 4.49. The molecule has 0 aromatic heterocycles. The summed E-state index contributed by atoms with van der Waals surface area (Å²) in [5, 5.41) is 3.53. The quantitative estimate of drug-likeness (QED) is 0.882. The van der Waals surface area contributed by atoms with E-state index in [0.717, 1.165) is 13.1 Å². The van der Waals surface area contributed by atoms with Crippen LogP contribution in [0.25, 0.3) is 0 Å². The number of likely N-dealkylation sites (N-methyl/N-ethyl adjacent to an activating group) is 1. The molecule has 18 heavy (non-hydrogen) atoms. The van der Waals surface area contributed by atoms with E-state index in [1.165, 1.54) is 49.4 Å². The summed E-state index contributed by atoms with van der Waals surface area (Å²) in [5.74, 6) is 0. The number of para-hydroxylation sites is 1. The number of hydrogen-bond acceptors (Lipinski definition) is 3. The molecule has 2 heterocycles. The van der Waals surface area contributed by atoms with Gasteiger partial charge in [-0.15, -0.1) is 12.4 Å². The minimum Gasteiger partial charge on any atom is -0.384 e. The summed E-state index contributed by atoms with van der Waals surface area (Å²) in [5.41, 5.74) is 4.38. The smallest absolute Gasteiger partial charge is 0.0419 e. The van der Waals surface area contributed by atoms with Crippen LogP contribution < -0.4 is 5.32 Å². The van der Waals surface area contributed by atoms with E-state index in [1.807, 2.05) is 0 Å². The van der Waals surface area contributed by atoms with Gasteiger partial charge in [-0.1, -0.05) is 18.2 Å². The summed E-state index contributed by atoms with van der Waals surface area (Å²) < 4.78 is 0. The highest BCUT2D eigenvalue weighted by Gasteiger charge is 2.18. The number of anilines is 1. The van der Waals surface area contributed by atoms with Crippen LogP contribution in [0.4, 0.5) is 5.69 Å². The maximum absolute atomic E-state index is 3.53. The van der Waals surface area contributed by atoms with E-state index in [1.54, 1.807) is 0 Å². The molecule has 0 atom stereocenters. The Hall–Kier alpha value is -0.770. The molecule has 0 unspecified atom stereocenters. The summed E-state index contributed by atoms with van der Waals surface area (Å²) in [6, 6.07) is 6.73. The summed E-state index contributed by atoms with van der Waals surface area (Å²) >= 11 is 0. The normalized spacial score (nSPS) is 20.1. The molecule has 100 valence electrons. The zero-order chi connectivity index (χ0) is 11.7. The summed E-state index contributed by atoms with van der Waals surface area (Å²) in [7, 11) is 2.21. The van der Waals surface area contributed by atoms with Crippen molar-refractivity contribution in [1.29, 1.82) is 0 Å². The zero-order valence-electron chi connectivity index (χ0n) is 11.0. The molecule has 0 bridgehead atoms. The highest BCUT2D eigenvalue weighted by Crippen LogP contribution is 2.27. The molecule has 1 saturated heterocycles. The predicted molar refractivity (Wildman–Crippen MR) is 78.7 cm³/mol. The summed E-state index contributed by atoms with van der Waals surface area (Å²) in [4.78, 5) is 4.97. The maximum Gasteiger partial charge on any atom is 0.0419 e. The first-order valence-electron chi connectivity index (χ1n) is 6.58. The first kappa shape index (κ1) is 13.7. The van der Waals surface area contributed by atoms with Crippen molar-refractivity contribution in [3.05, 3.63) is 29.3 Å². The van der Waals surface area contributed by atoms with Gasteiger partial charge in [0.25, 0.3) is 0 Å². The lowest BCUT2D eigenvalue weighted by molar-refractivity contribution is 0.148. The van der Waals surface area contributed by atoms with Gasteiger partial charge in [0, 0.05) is 45.0 Å². The van der Waals surface area contributed by atoms with E-state index in [4.69, 9.17) is 0 Å².